The van der Waals surface area contributed by atoms with E-state index >= 15 is 0 Å². The Morgan fingerprint density at radius 2 is 0.816 bits per heavy atom. The number of halogens is 1. The van der Waals surface area contributed by atoms with Crippen molar-refractivity contribution in [1.29, 1.82) is 0 Å². The molecule has 0 amide bonds. The molecule has 3 aliphatic heterocycles. The summed E-state index contributed by atoms with van der Waals surface area (Å²) < 4.78 is 46.8. The molecule has 7 rings (SSSR count). The molecule has 12 heteroatoms. The molecule has 0 radical (unpaired) electrons. The number of alkyl halides is 1. The summed E-state index contributed by atoms with van der Waals surface area (Å²) in [6, 6.07) is 16.1. The Kier molecular flexibility index (Phi) is 11.5. The predicted octanol–water partition coefficient (Wildman–Crippen LogP) is 9.82. The van der Waals surface area contributed by atoms with E-state index < -0.39 is 14.0 Å². The van der Waals surface area contributed by atoms with Crippen molar-refractivity contribution in [3.63, 3.8) is 0 Å². The third kappa shape index (κ3) is 8.06. The van der Waals surface area contributed by atoms with Crippen molar-refractivity contribution in [2.75, 3.05) is 0 Å². The standard InChI is InChI=1S/C15H19BO3.C12H24B2O4.C9H7BrO.CH4/c1-14(2)15(3,4)19-16(18-14)9-11-10-17-13-8-6-5-7-12(11)13;1-9(2)10(3,4)16-13(15-9)14-17-11(5,6)12(7,8)18-14;10-5-7-6-11-9-4-2-1-3-8(7)9;/h5-8,10H,9H2,1-4H3;1-8H3;1-4,6H,5H2;1H4. The highest BCUT2D eigenvalue weighted by Gasteiger charge is 2.63. The van der Waals surface area contributed by atoms with Crippen molar-refractivity contribution >= 4 is 59.0 Å². The zero-order chi connectivity index (χ0) is 35.3. The molecule has 0 unspecified atom stereocenters. The maximum atomic E-state index is 6.02. The van der Waals surface area contributed by atoms with Crippen LogP contribution in [0.25, 0.3) is 21.9 Å². The van der Waals surface area contributed by atoms with Gasteiger partial charge in [0.05, 0.1) is 46.1 Å². The maximum absolute atomic E-state index is 6.02. The van der Waals surface area contributed by atoms with E-state index in [0.717, 1.165) is 27.4 Å². The highest BCUT2D eigenvalue weighted by Crippen LogP contribution is 2.43. The third-order valence-electron chi connectivity index (χ3n) is 10.7. The molecule has 2 aromatic carbocycles. The molecule has 5 heterocycles. The molecule has 49 heavy (non-hydrogen) atoms. The first-order chi connectivity index (χ1) is 22.2. The van der Waals surface area contributed by atoms with Crippen LogP contribution in [0.3, 0.4) is 0 Å². The lowest BCUT2D eigenvalue weighted by molar-refractivity contribution is 0.00578. The van der Waals surface area contributed by atoms with Crippen LogP contribution < -0.4 is 0 Å². The van der Waals surface area contributed by atoms with Gasteiger partial charge in [0.15, 0.2) is 0 Å². The van der Waals surface area contributed by atoms with Gasteiger partial charge in [-0.05, 0) is 101 Å². The lowest BCUT2D eigenvalue weighted by Gasteiger charge is -2.32. The first-order valence-electron chi connectivity index (χ1n) is 16.7. The van der Waals surface area contributed by atoms with E-state index in [9.17, 15) is 0 Å². The zero-order valence-electron chi connectivity index (χ0n) is 30.6. The van der Waals surface area contributed by atoms with E-state index in [-0.39, 0.29) is 48.2 Å². The van der Waals surface area contributed by atoms with Gasteiger partial charge in [0.25, 0.3) is 0 Å². The normalized spacial score (nSPS) is 22.3. The maximum Gasteiger partial charge on any atom is 0.488 e. The molecule has 3 aliphatic rings. The van der Waals surface area contributed by atoms with Crippen molar-refractivity contribution in [1.82, 2.24) is 0 Å². The summed E-state index contributed by atoms with van der Waals surface area (Å²) >= 11 is 3.40. The van der Waals surface area contributed by atoms with Crippen molar-refractivity contribution in [2.45, 2.75) is 136 Å². The van der Waals surface area contributed by atoms with Crippen molar-refractivity contribution in [3.8, 4) is 0 Å². The third-order valence-corrected chi connectivity index (χ3v) is 11.3. The molecule has 0 spiro atoms. The Morgan fingerprint density at radius 1 is 0.490 bits per heavy atom. The number of hydrogen-bond donors (Lipinski definition) is 0. The highest BCUT2D eigenvalue weighted by atomic mass is 79.9. The minimum Gasteiger partial charge on any atom is -0.464 e. The van der Waals surface area contributed by atoms with Gasteiger partial charge < -0.3 is 36.8 Å². The van der Waals surface area contributed by atoms with Gasteiger partial charge in [-0.3, -0.25) is 0 Å². The van der Waals surface area contributed by atoms with Gasteiger partial charge in [-0.1, -0.05) is 59.8 Å². The lowest BCUT2D eigenvalue weighted by Crippen LogP contribution is -2.41. The topological polar surface area (TPSA) is 81.7 Å². The van der Waals surface area contributed by atoms with E-state index in [1.807, 2.05) is 91.8 Å². The van der Waals surface area contributed by atoms with E-state index in [1.165, 1.54) is 10.9 Å². The minimum atomic E-state index is -0.476. The Hall–Kier alpha value is -2.05. The summed E-state index contributed by atoms with van der Waals surface area (Å²) in [6.07, 6.45) is 4.30. The van der Waals surface area contributed by atoms with Gasteiger partial charge in [-0.15, -0.1) is 0 Å². The van der Waals surface area contributed by atoms with Gasteiger partial charge in [-0.2, -0.15) is 0 Å². The highest BCUT2D eigenvalue weighted by molar-refractivity contribution is 9.08. The van der Waals surface area contributed by atoms with Crippen LogP contribution in [0.4, 0.5) is 0 Å². The Balaban J connectivity index is 0.000000169. The van der Waals surface area contributed by atoms with Gasteiger partial charge in [0.2, 0.25) is 0 Å². The first-order valence-corrected chi connectivity index (χ1v) is 17.8. The number of hydrogen-bond acceptors (Lipinski definition) is 8. The van der Waals surface area contributed by atoms with Crippen LogP contribution in [0.5, 0.6) is 0 Å². The van der Waals surface area contributed by atoms with E-state index in [4.69, 9.17) is 36.8 Å². The Morgan fingerprint density at radius 3 is 1.20 bits per heavy atom. The Labute approximate surface area is 302 Å². The average Bonchev–Trinajstić information content (AvgIpc) is 3.73. The molecule has 4 aromatic rings. The van der Waals surface area contributed by atoms with Crippen LogP contribution in [0.15, 0.2) is 69.9 Å². The molecule has 0 N–H and O–H groups in total. The van der Waals surface area contributed by atoms with Crippen LogP contribution >= 0.6 is 15.9 Å². The SMILES string of the molecule is BrCc1coc2ccccc12.C.CC1(C)OB(B2OC(C)(C)C(C)(C)O2)OC1(C)C.CC1(C)OB(Cc2coc3ccccc23)OC1(C)C. The fourth-order valence-corrected chi connectivity index (χ4v) is 5.99. The predicted molar refractivity (Wildman–Crippen MR) is 204 cm³/mol. The number of benzene rings is 2. The molecular weight excluding hydrogens is 685 g/mol. The summed E-state index contributed by atoms with van der Waals surface area (Å²) in [5.74, 6) is 0. The van der Waals surface area contributed by atoms with E-state index in [1.54, 1.807) is 12.5 Å². The molecule has 0 bridgehead atoms. The fourth-order valence-electron chi connectivity index (χ4n) is 5.55. The molecule has 2 aromatic heterocycles. The van der Waals surface area contributed by atoms with Crippen molar-refractivity contribution in [2.24, 2.45) is 0 Å². The summed E-state index contributed by atoms with van der Waals surface area (Å²) in [5, 5.41) is 3.19. The van der Waals surface area contributed by atoms with Crippen LogP contribution in [0.1, 0.15) is 102 Å². The van der Waals surface area contributed by atoms with E-state index in [2.05, 4.69) is 55.8 Å². The smallest absolute Gasteiger partial charge is 0.464 e. The summed E-state index contributed by atoms with van der Waals surface area (Å²) in [4.78, 5) is 0. The van der Waals surface area contributed by atoms with Crippen LogP contribution in [0, 0.1) is 0 Å². The van der Waals surface area contributed by atoms with Gasteiger partial charge in [-0.25, -0.2) is 0 Å². The van der Waals surface area contributed by atoms with Crippen LogP contribution in [-0.4, -0.2) is 54.7 Å². The first kappa shape index (κ1) is 39.7. The second kappa shape index (κ2) is 14.2. The van der Waals surface area contributed by atoms with Gasteiger partial charge >= 0.3 is 21.1 Å². The van der Waals surface area contributed by atoms with Crippen LogP contribution in [0.2, 0.25) is 0 Å². The largest absolute Gasteiger partial charge is 0.488 e. The fraction of sp³-hybridized carbons (Fsp3) is 0.568. The second-order valence-electron chi connectivity index (χ2n) is 15.8. The zero-order valence-corrected chi connectivity index (χ0v) is 32.1. The molecule has 0 saturated carbocycles. The summed E-state index contributed by atoms with van der Waals surface area (Å²) in [7, 11) is -1.17. The molecular formula is C37H54B3BrO8. The molecule has 3 saturated heterocycles. The Bertz CT molecular complexity index is 1630. The second-order valence-corrected chi connectivity index (χ2v) is 16.3. The average molecular weight is 739 g/mol. The number of fused-ring (bicyclic) bond motifs is 2. The number of rotatable bonds is 4. The summed E-state index contributed by atoms with van der Waals surface area (Å²) in [6.45, 7) is 24.5. The van der Waals surface area contributed by atoms with Crippen molar-refractivity contribution < 1.29 is 36.8 Å². The molecule has 266 valence electrons. The van der Waals surface area contributed by atoms with E-state index in [0.29, 0.717) is 6.32 Å². The van der Waals surface area contributed by atoms with Crippen molar-refractivity contribution in [3.05, 3.63) is 72.2 Å². The molecule has 0 atom stereocenters. The molecule has 0 aliphatic carbocycles. The van der Waals surface area contributed by atoms with Gasteiger partial charge in [0.1, 0.15) is 11.2 Å². The quantitative estimate of drug-likeness (QED) is 0.151. The number of furan rings is 2. The monoisotopic (exact) mass is 738 g/mol. The lowest BCUT2D eigenvalue weighted by atomic mass is 9.49. The number of para-hydroxylation sites is 2. The molecule has 8 nitrogen and oxygen atoms in total. The minimum absolute atomic E-state index is 0. The van der Waals surface area contributed by atoms with Crippen LogP contribution in [-0.2, 0) is 39.6 Å². The van der Waals surface area contributed by atoms with Gasteiger partial charge in [0, 0.05) is 28.0 Å². The molecule has 3 fully saturated rings. The summed E-state index contributed by atoms with van der Waals surface area (Å²) in [5.41, 5.74) is 2.21.